The number of hydrogen-bond donors (Lipinski definition) is 0. The molecule has 0 spiro atoms. The van der Waals surface area contributed by atoms with Crippen LogP contribution in [0.15, 0.2) is 85.9 Å². The first-order valence-corrected chi connectivity index (χ1v) is 11.4. The van der Waals surface area contributed by atoms with Gasteiger partial charge < -0.3 is 9.15 Å². The highest BCUT2D eigenvalue weighted by molar-refractivity contribution is 7.91. The Balaban J connectivity index is 2.05. The summed E-state index contributed by atoms with van der Waals surface area (Å²) < 4.78 is 38.4. The molecule has 0 saturated carbocycles. The van der Waals surface area contributed by atoms with Crippen molar-refractivity contribution < 1.29 is 17.6 Å². The Bertz CT molecular complexity index is 1460. The zero-order valence-corrected chi connectivity index (χ0v) is 18.8. The summed E-state index contributed by atoms with van der Waals surface area (Å²) in [4.78, 5) is 4.62. The predicted octanol–water partition coefficient (Wildman–Crippen LogP) is 5.78. The number of hydrogen-bond acceptors (Lipinski definition) is 5. The van der Waals surface area contributed by atoms with Crippen LogP contribution in [0.2, 0.25) is 5.02 Å². The Labute approximate surface area is 185 Å². The van der Waals surface area contributed by atoms with E-state index >= 15 is 0 Å². The van der Waals surface area contributed by atoms with Crippen molar-refractivity contribution in [2.45, 2.75) is 23.6 Å². The number of nitrogens with zero attached hydrogens (tertiary/aromatic N) is 1. The maximum atomic E-state index is 13.5. The maximum absolute atomic E-state index is 13.5. The summed E-state index contributed by atoms with van der Waals surface area (Å²) >= 11 is 6.23. The number of benzene rings is 3. The Hall–Kier alpha value is -3.09. The summed E-state index contributed by atoms with van der Waals surface area (Å²) in [7, 11) is -2.37. The van der Waals surface area contributed by atoms with Crippen LogP contribution in [0.5, 0.6) is 5.75 Å². The number of sulfone groups is 1. The molecule has 7 heteroatoms. The van der Waals surface area contributed by atoms with Crippen LogP contribution in [0, 0.1) is 13.8 Å². The van der Waals surface area contributed by atoms with Gasteiger partial charge in [0.15, 0.2) is 11.3 Å². The van der Waals surface area contributed by atoms with Gasteiger partial charge in [-0.3, -0.25) is 0 Å². The first kappa shape index (κ1) is 21.2. The average Bonchev–Trinajstić information content (AvgIpc) is 2.75. The normalized spacial score (nSPS) is 12.3. The minimum Gasteiger partial charge on any atom is -0.493 e. The van der Waals surface area contributed by atoms with Gasteiger partial charge in [-0.15, -0.1) is 0 Å². The van der Waals surface area contributed by atoms with E-state index in [1.54, 1.807) is 60.7 Å². The van der Waals surface area contributed by atoms with Crippen LogP contribution < -0.4 is 10.3 Å². The predicted molar refractivity (Wildman–Crippen MR) is 121 cm³/mol. The molecule has 0 saturated heterocycles. The van der Waals surface area contributed by atoms with E-state index in [4.69, 9.17) is 20.8 Å². The van der Waals surface area contributed by atoms with E-state index in [2.05, 4.69) is 4.99 Å². The molecular formula is C24H20ClNO4S. The molecule has 5 nitrogen and oxygen atoms in total. The molecule has 0 amide bonds. The first-order chi connectivity index (χ1) is 14.8. The standard InChI is InChI=1S/C24H20ClNO4S/c1-15-7-11-19(12-8-15)31(27,28)22-13-17-5-4-6-21(29-3)23(17)30-24(22)26-18-10-9-16(2)20(25)14-18/h4-14H,1-3H3. The molecule has 4 aromatic rings. The number of aryl methyl sites for hydroxylation is 2. The van der Waals surface area contributed by atoms with Crippen LogP contribution in [0.4, 0.5) is 5.69 Å². The molecule has 0 bridgehead atoms. The SMILES string of the molecule is COc1cccc2cc(S(=O)(=O)c3ccc(C)cc3)c(=Nc3ccc(C)c(Cl)c3)oc12. The van der Waals surface area contributed by atoms with Crippen LogP contribution in [0.25, 0.3) is 11.0 Å². The second-order valence-electron chi connectivity index (χ2n) is 7.16. The second-order valence-corrected chi connectivity index (χ2v) is 9.48. The minimum atomic E-state index is -3.90. The molecule has 3 aromatic carbocycles. The van der Waals surface area contributed by atoms with Gasteiger partial charge in [-0.2, -0.15) is 0 Å². The third kappa shape index (κ3) is 4.09. The number of methoxy groups -OCH3 is 1. The van der Waals surface area contributed by atoms with Crippen molar-refractivity contribution in [2.24, 2.45) is 4.99 Å². The lowest BCUT2D eigenvalue weighted by molar-refractivity contribution is 0.404. The summed E-state index contributed by atoms with van der Waals surface area (Å²) in [6.07, 6.45) is 0. The van der Waals surface area contributed by atoms with Crippen molar-refractivity contribution in [2.75, 3.05) is 7.11 Å². The van der Waals surface area contributed by atoms with Gasteiger partial charge in [-0.25, -0.2) is 13.4 Å². The average molecular weight is 454 g/mol. The number of para-hydroxylation sites is 1. The Morgan fingerprint density at radius 1 is 0.968 bits per heavy atom. The largest absolute Gasteiger partial charge is 0.493 e. The van der Waals surface area contributed by atoms with Crippen molar-refractivity contribution in [1.29, 1.82) is 0 Å². The lowest BCUT2D eigenvalue weighted by atomic mass is 10.2. The smallest absolute Gasteiger partial charge is 0.239 e. The summed E-state index contributed by atoms with van der Waals surface area (Å²) in [5.74, 6) is 0.482. The minimum absolute atomic E-state index is 0.0335. The van der Waals surface area contributed by atoms with Crippen molar-refractivity contribution in [1.82, 2.24) is 0 Å². The number of halogens is 1. The first-order valence-electron chi connectivity index (χ1n) is 9.53. The van der Waals surface area contributed by atoms with Crippen LogP contribution in [0.1, 0.15) is 11.1 Å². The van der Waals surface area contributed by atoms with E-state index in [-0.39, 0.29) is 15.3 Å². The van der Waals surface area contributed by atoms with Gasteiger partial charge in [-0.1, -0.05) is 47.5 Å². The van der Waals surface area contributed by atoms with Crippen molar-refractivity contribution in [3.05, 3.63) is 88.4 Å². The quantitative estimate of drug-likeness (QED) is 0.393. The van der Waals surface area contributed by atoms with Gasteiger partial charge in [-0.05, 0) is 55.8 Å². The fourth-order valence-electron chi connectivity index (χ4n) is 3.15. The van der Waals surface area contributed by atoms with Gasteiger partial charge in [0.2, 0.25) is 15.4 Å². The van der Waals surface area contributed by atoms with E-state index in [0.717, 1.165) is 11.1 Å². The molecule has 4 rings (SSSR count). The topological polar surface area (TPSA) is 68.9 Å². The van der Waals surface area contributed by atoms with Crippen molar-refractivity contribution in [3.8, 4) is 5.75 Å². The van der Waals surface area contributed by atoms with E-state index in [0.29, 0.717) is 27.4 Å². The van der Waals surface area contributed by atoms with E-state index in [9.17, 15) is 8.42 Å². The summed E-state index contributed by atoms with van der Waals surface area (Å²) in [6, 6.07) is 18.7. The molecule has 0 atom stereocenters. The molecule has 158 valence electrons. The summed E-state index contributed by atoms with van der Waals surface area (Å²) in [6.45, 7) is 3.78. The number of fused-ring (bicyclic) bond motifs is 1. The fourth-order valence-corrected chi connectivity index (χ4v) is 4.67. The highest BCUT2D eigenvalue weighted by Crippen LogP contribution is 2.29. The molecular weight excluding hydrogens is 434 g/mol. The molecule has 0 N–H and O–H groups in total. The lowest BCUT2D eigenvalue weighted by Gasteiger charge is -2.09. The van der Waals surface area contributed by atoms with E-state index in [1.165, 1.54) is 7.11 Å². The molecule has 0 fully saturated rings. The second kappa shape index (κ2) is 8.21. The van der Waals surface area contributed by atoms with Gasteiger partial charge in [0, 0.05) is 10.4 Å². The molecule has 31 heavy (non-hydrogen) atoms. The molecule has 0 aliphatic rings. The fraction of sp³-hybridized carbons (Fsp3) is 0.125. The van der Waals surface area contributed by atoms with Crippen LogP contribution in [-0.4, -0.2) is 15.5 Å². The number of rotatable bonds is 4. The lowest BCUT2D eigenvalue weighted by Crippen LogP contribution is -2.16. The molecule has 0 aliphatic heterocycles. The van der Waals surface area contributed by atoms with Gasteiger partial charge in [0.05, 0.1) is 17.7 Å². The van der Waals surface area contributed by atoms with Crippen molar-refractivity contribution in [3.63, 3.8) is 0 Å². The van der Waals surface area contributed by atoms with E-state index in [1.807, 2.05) is 19.9 Å². The third-order valence-electron chi connectivity index (χ3n) is 4.93. The molecule has 1 aromatic heterocycles. The monoisotopic (exact) mass is 453 g/mol. The Morgan fingerprint density at radius 3 is 2.39 bits per heavy atom. The maximum Gasteiger partial charge on any atom is 0.239 e. The summed E-state index contributed by atoms with van der Waals surface area (Å²) in [5.41, 5.74) is 2.70. The van der Waals surface area contributed by atoms with E-state index < -0.39 is 9.84 Å². The van der Waals surface area contributed by atoms with Gasteiger partial charge in [0.1, 0.15) is 4.90 Å². The molecule has 0 unspecified atom stereocenters. The van der Waals surface area contributed by atoms with Gasteiger partial charge in [0.25, 0.3) is 0 Å². The van der Waals surface area contributed by atoms with Crippen LogP contribution in [0.3, 0.4) is 0 Å². The summed E-state index contributed by atoms with van der Waals surface area (Å²) in [5, 5.41) is 1.12. The zero-order valence-electron chi connectivity index (χ0n) is 17.2. The third-order valence-corrected chi connectivity index (χ3v) is 7.10. The Morgan fingerprint density at radius 2 is 1.71 bits per heavy atom. The van der Waals surface area contributed by atoms with Crippen LogP contribution >= 0.6 is 11.6 Å². The highest BCUT2D eigenvalue weighted by atomic mass is 35.5. The molecule has 1 heterocycles. The highest BCUT2D eigenvalue weighted by Gasteiger charge is 2.23. The van der Waals surface area contributed by atoms with Crippen LogP contribution in [-0.2, 0) is 9.84 Å². The Kier molecular flexibility index (Phi) is 5.60. The zero-order chi connectivity index (χ0) is 22.2. The number of ether oxygens (including phenoxy) is 1. The molecule has 0 radical (unpaired) electrons. The van der Waals surface area contributed by atoms with Gasteiger partial charge >= 0.3 is 0 Å². The molecule has 0 aliphatic carbocycles. The van der Waals surface area contributed by atoms with Crippen molar-refractivity contribution >= 4 is 38.1 Å².